The zero-order valence-corrected chi connectivity index (χ0v) is 12.4. The van der Waals surface area contributed by atoms with E-state index < -0.39 is 0 Å². The summed E-state index contributed by atoms with van der Waals surface area (Å²) < 4.78 is 2.04. The van der Waals surface area contributed by atoms with E-state index in [-0.39, 0.29) is 0 Å². The topological polar surface area (TPSA) is 21.1 Å². The first-order chi connectivity index (χ1) is 8.24. The maximum Gasteiger partial charge on any atom is 0.0625 e. The van der Waals surface area contributed by atoms with Gasteiger partial charge in [0.05, 0.1) is 11.4 Å². The molecule has 1 aromatic rings. The molecule has 4 heteroatoms. The van der Waals surface area contributed by atoms with E-state index in [0.29, 0.717) is 6.04 Å². The van der Waals surface area contributed by atoms with Crippen molar-refractivity contribution in [3.8, 4) is 0 Å². The van der Waals surface area contributed by atoms with Gasteiger partial charge in [0.25, 0.3) is 0 Å². The first kappa shape index (κ1) is 13.1. The van der Waals surface area contributed by atoms with Crippen molar-refractivity contribution in [1.29, 1.82) is 0 Å². The van der Waals surface area contributed by atoms with Crippen molar-refractivity contribution in [2.24, 2.45) is 7.05 Å². The Morgan fingerprint density at radius 3 is 2.94 bits per heavy atom. The molecule has 17 heavy (non-hydrogen) atoms. The molecule has 1 aromatic heterocycles. The van der Waals surface area contributed by atoms with Crippen LogP contribution in [0.25, 0.3) is 0 Å². The molecule has 1 aliphatic rings. The van der Waals surface area contributed by atoms with Gasteiger partial charge in [-0.25, -0.2) is 0 Å². The molecule has 0 spiro atoms. The zero-order valence-electron chi connectivity index (χ0n) is 10.8. The van der Waals surface area contributed by atoms with Crippen LogP contribution in [-0.4, -0.2) is 32.6 Å². The minimum Gasteiger partial charge on any atom is -0.294 e. The highest BCUT2D eigenvalue weighted by Gasteiger charge is 2.22. The van der Waals surface area contributed by atoms with Gasteiger partial charge in [-0.1, -0.05) is 29.3 Å². The number of nitrogens with zero attached hydrogens (tertiary/aromatic N) is 3. The minimum absolute atomic E-state index is 0.698. The van der Waals surface area contributed by atoms with E-state index in [2.05, 4.69) is 46.0 Å². The van der Waals surface area contributed by atoms with E-state index in [0.717, 1.165) is 18.3 Å². The number of rotatable bonds is 4. The Labute approximate surface area is 112 Å². The second kappa shape index (κ2) is 6.01. The lowest BCUT2D eigenvalue weighted by Gasteiger charge is -2.34. The Morgan fingerprint density at radius 2 is 2.29 bits per heavy atom. The summed E-state index contributed by atoms with van der Waals surface area (Å²) in [4.78, 5) is 2.59. The normalized spacial score (nSPS) is 21.9. The van der Waals surface area contributed by atoms with Gasteiger partial charge in [-0.2, -0.15) is 5.10 Å². The van der Waals surface area contributed by atoms with Gasteiger partial charge in [0.15, 0.2) is 0 Å². The van der Waals surface area contributed by atoms with Crippen LogP contribution < -0.4 is 0 Å². The quantitative estimate of drug-likeness (QED) is 0.797. The van der Waals surface area contributed by atoms with Crippen LogP contribution >= 0.6 is 15.9 Å². The molecule has 0 bridgehead atoms. The lowest BCUT2D eigenvalue weighted by atomic mass is 10.0. The average Bonchev–Trinajstić information content (AvgIpc) is 2.71. The molecule has 0 N–H and O–H groups in total. The van der Waals surface area contributed by atoms with E-state index in [1.54, 1.807) is 0 Å². The second-order valence-electron chi connectivity index (χ2n) is 4.88. The largest absolute Gasteiger partial charge is 0.294 e. The van der Waals surface area contributed by atoms with Gasteiger partial charge in [0.1, 0.15) is 0 Å². The van der Waals surface area contributed by atoms with Gasteiger partial charge in [-0.05, 0) is 31.9 Å². The fraction of sp³-hybridized carbons (Fsp3) is 0.769. The number of aryl methyl sites for hydroxylation is 2. The number of hydrogen-bond donors (Lipinski definition) is 0. The predicted molar refractivity (Wildman–Crippen MR) is 74.4 cm³/mol. The molecule has 2 rings (SSSR count). The maximum absolute atomic E-state index is 4.52. The highest BCUT2D eigenvalue weighted by atomic mass is 79.9. The summed E-state index contributed by atoms with van der Waals surface area (Å²) in [6.45, 7) is 4.43. The third-order valence-corrected chi connectivity index (χ3v) is 4.43. The molecule has 0 radical (unpaired) electrons. The Balaban J connectivity index is 2.05. The molecule has 96 valence electrons. The van der Waals surface area contributed by atoms with E-state index in [1.807, 2.05) is 4.68 Å². The van der Waals surface area contributed by atoms with Crippen molar-refractivity contribution in [3.63, 3.8) is 0 Å². The first-order valence-corrected chi connectivity index (χ1v) is 7.68. The molecule has 0 amide bonds. The Morgan fingerprint density at radius 1 is 1.47 bits per heavy atom. The molecule has 2 heterocycles. The second-order valence-corrected chi connectivity index (χ2v) is 5.53. The first-order valence-electron chi connectivity index (χ1n) is 6.56. The van der Waals surface area contributed by atoms with Crippen LogP contribution in [-0.2, 0) is 20.0 Å². The van der Waals surface area contributed by atoms with Gasteiger partial charge >= 0.3 is 0 Å². The van der Waals surface area contributed by atoms with Gasteiger partial charge < -0.3 is 0 Å². The van der Waals surface area contributed by atoms with E-state index in [1.165, 1.54) is 37.2 Å². The predicted octanol–water partition coefficient (Wildman–Crippen LogP) is 2.73. The standard InChI is InChI=1S/C13H22BrN3/c1-3-11-8-13(16(2)15-11)10-17-7-5-4-6-12(17)9-14/h8,12H,3-7,9-10H2,1-2H3. The molecule has 1 saturated heterocycles. The van der Waals surface area contributed by atoms with Gasteiger partial charge in [0, 0.05) is 25.0 Å². The molecule has 0 saturated carbocycles. The SMILES string of the molecule is CCc1cc(CN2CCCCC2CBr)n(C)n1. The monoisotopic (exact) mass is 299 g/mol. The van der Waals surface area contributed by atoms with Gasteiger partial charge in [-0.15, -0.1) is 0 Å². The molecule has 0 aromatic carbocycles. The lowest BCUT2D eigenvalue weighted by Crippen LogP contribution is -2.40. The van der Waals surface area contributed by atoms with Crippen LogP contribution in [0.3, 0.4) is 0 Å². The third-order valence-electron chi connectivity index (χ3n) is 3.68. The molecule has 0 aliphatic carbocycles. The fourth-order valence-corrected chi connectivity index (χ4v) is 3.28. The lowest BCUT2D eigenvalue weighted by molar-refractivity contribution is 0.153. The van der Waals surface area contributed by atoms with E-state index >= 15 is 0 Å². The molecule has 1 unspecified atom stereocenters. The molecule has 1 fully saturated rings. The van der Waals surface area contributed by atoms with Crippen LogP contribution in [0, 0.1) is 0 Å². The molecule has 1 aliphatic heterocycles. The van der Waals surface area contributed by atoms with Gasteiger partial charge in [-0.3, -0.25) is 9.58 Å². The summed E-state index contributed by atoms with van der Waals surface area (Å²) in [6, 6.07) is 2.95. The smallest absolute Gasteiger partial charge is 0.0625 e. The van der Waals surface area contributed by atoms with Crippen LogP contribution in [0.15, 0.2) is 6.07 Å². The van der Waals surface area contributed by atoms with Crippen molar-refractivity contribution < 1.29 is 0 Å². The molecule has 3 nitrogen and oxygen atoms in total. The van der Waals surface area contributed by atoms with Crippen LogP contribution in [0.1, 0.15) is 37.6 Å². The van der Waals surface area contributed by atoms with Crippen molar-refractivity contribution in [2.75, 3.05) is 11.9 Å². The highest BCUT2D eigenvalue weighted by molar-refractivity contribution is 9.09. The highest BCUT2D eigenvalue weighted by Crippen LogP contribution is 2.21. The summed E-state index contributed by atoms with van der Waals surface area (Å²) in [5.74, 6) is 0. The van der Waals surface area contributed by atoms with Crippen molar-refractivity contribution >= 4 is 15.9 Å². The minimum atomic E-state index is 0.698. The Bertz CT molecular complexity index is 362. The van der Waals surface area contributed by atoms with Crippen LogP contribution in [0.2, 0.25) is 0 Å². The summed E-state index contributed by atoms with van der Waals surface area (Å²) in [7, 11) is 2.06. The summed E-state index contributed by atoms with van der Waals surface area (Å²) >= 11 is 3.64. The zero-order chi connectivity index (χ0) is 12.3. The molecular formula is C13H22BrN3. The number of likely N-dealkylation sites (tertiary alicyclic amines) is 1. The maximum atomic E-state index is 4.52. The van der Waals surface area contributed by atoms with Crippen LogP contribution in [0.4, 0.5) is 0 Å². The summed E-state index contributed by atoms with van der Waals surface area (Å²) in [5, 5.41) is 5.61. The van der Waals surface area contributed by atoms with Crippen molar-refractivity contribution in [2.45, 2.75) is 45.2 Å². The van der Waals surface area contributed by atoms with Gasteiger partial charge in [0.2, 0.25) is 0 Å². The number of halogens is 1. The average molecular weight is 300 g/mol. The Hall–Kier alpha value is -0.350. The number of aromatic nitrogens is 2. The number of alkyl halides is 1. The summed E-state index contributed by atoms with van der Waals surface area (Å²) in [5.41, 5.74) is 2.55. The van der Waals surface area contributed by atoms with Crippen molar-refractivity contribution in [3.05, 3.63) is 17.5 Å². The number of hydrogen-bond acceptors (Lipinski definition) is 2. The number of piperidine rings is 1. The van der Waals surface area contributed by atoms with Crippen LogP contribution in [0.5, 0.6) is 0 Å². The fourth-order valence-electron chi connectivity index (χ4n) is 2.54. The van der Waals surface area contributed by atoms with Crippen molar-refractivity contribution in [1.82, 2.24) is 14.7 Å². The molecule has 1 atom stereocenters. The van der Waals surface area contributed by atoms with E-state index in [4.69, 9.17) is 0 Å². The Kier molecular flexibility index (Phi) is 4.62. The van der Waals surface area contributed by atoms with E-state index in [9.17, 15) is 0 Å². The third kappa shape index (κ3) is 3.10. The summed E-state index contributed by atoms with van der Waals surface area (Å²) in [6.07, 6.45) is 5.06. The molecular weight excluding hydrogens is 278 g/mol.